The van der Waals surface area contributed by atoms with Crippen LogP contribution >= 0.6 is 11.6 Å². The van der Waals surface area contributed by atoms with Gasteiger partial charge in [0.15, 0.2) is 34.6 Å². The molecule has 10 heteroatoms. The standard InChI is InChI=1S/C19H16ClF3N4O2/c1-19(2,29-15-13(22)7-10(20)8-14(15)23)18-26-25-17(27(18)3)11-5-4-9(16(24)28)6-12(11)21/h4-8H,1-3H3,(H2,24,28). The molecule has 0 unspecified atom stereocenters. The minimum atomic E-state index is -1.33. The second-order valence-corrected chi connectivity index (χ2v) is 7.21. The largest absolute Gasteiger partial charge is 0.474 e. The molecule has 2 N–H and O–H groups in total. The van der Waals surface area contributed by atoms with Crippen LogP contribution in [0.15, 0.2) is 30.3 Å². The number of hydrogen-bond donors (Lipinski definition) is 1. The van der Waals surface area contributed by atoms with Crippen LogP contribution in [0.5, 0.6) is 5.75 Å². The number of halogens is 4. The van der Waals surface area contributed by atoms with E-state index in [1.165, 1.54) is 30.5 Å². The Hall–Kier alpha value is -3.07. The molecule has 2 aromatic carbocycles. The average Bonchev–Trinajstić information content (AvgIpc) is 3.00. The van der Waals surface area contributed by atoms with Gasteiger partial charge in [-0.15, -0.1) is 10.2 Å². The van der Waals surface area contributed by atoms with Gasteiger partial charge in [0, 0.05) is 17.6 Å². The SMILES string of the molecule is Cn1c(-c2ccc(C(N)=O)cc2F)nnc1C(C)(C)Oc1c(F)cc(Cl)cc1F. The third-order valence-corrected chi connectivity index (χ3v) is 4.45. The molecule has 0 saturated heterocycles. The maximum Gasteiger partial charge on any atom is 0.248 e. The van der Waals surface area contributed by atoms with Crippen LogP contribution in [0.1, 0.15) is 30.0 Å². The van der Waals surface area contributed by atoms with Gasteiger partial charge in [0.25, 0.3) is 0 Å². The summed E-state index contributed by atoms with van der Waals surface area (Å²) in [6.45, 7) is 3.06. The van der Waals surface area contributed by atoms with Crippen molar-refractivity contribution in [3.63, 3.8) is 0 Å². The van der Waals surface area contributed by atoms with Crippen LogP contribution in [0.25, 0.3) is 11.4 Å². The number of ether oxygens (including phenoxy) is 1. The molecular weight excluding hydrogens is 409 g/mol. The van der Waals surface area contributed by atoms with Gasteiger partial charge in [0.2, 0.25) is 5.91 Å². The van der Waals surface area contributed by atoms with Crippen LogP contribution < -0.4 is 10.5 Å². The van der Waals surface area contributed by atoms with Crippen LogP contribution in [-0.4, -0.2) is 20.7 Å². The van der Waals surface area contributed by atoms with Crippen molar-refractivity contribution < 1.29 is 22.7 Å². The maximum atomic E-state index is 14.4. The lowest BCUT2D eigenvalue weighted by Crippen LogP contribution is -2.30. The number of rotatable bonds is 5. The summed E-state index contributed by atoms with van der Waals surface area (Å²) in [5.41, 5.74) is 3.88. The molecule has 0 atom stereocenters. The van der Waals surface area contributed by atoms with Crippen molar-refractivity contribution in [1.29, 1.82) is 0 Å². The molecule has 1 aromatic heterocycles. The van der Waals surface area contributed by atoms with Gasteiger partial charge in [-0.2, -0.15) is 0 Å². The van der Waals surface area contributed by atoms with E-state index in [2.05, 4.69) is 10.2 Å². The van der Waals surface area contributed by atoms with Crippen LogP contribution in [0.2, 0.25) is 5.02 Å². The first-order valence-electron chi connectivity index (χ1n) is 8.34. The van der Waals surface area contributed by atoms with E-state index in [-0.39, 0.29) is 27.8 Å². The average molecular weight is 425 g/mol. The number of carbonyl (C=O) groups excluding carboxylic acids is 1. The second-order valence-electron chi connectivity index (χ2n) is 6.78. The monoisotopic (exact) mass is 424 g/mol. The van der Waals surface area contributed by atoms with Crippen LogP contribution in [0.4, 0.5) is 13.2 Å². The fourth-order valence-electron chi connectivity index (χ4n) is 2.87. The molecule has 1 amide bonds. The van der Waals surface area contributed by atoms with Crippen molar-refractivity contribution in [2.75, 3.05) is 0 Å². The number of carbonyl (C=O) groups is 1. The molecule has 0 aliphatic carbocycles. The second kappa shape index (κ2) is 7.40. The number of aromatic nitrogens is 3. The van der Waals surface area contributed by atoms with E-state index in [0.717, 1.165) is 18.2 Å². The van der Waals surface area contributed by atoms with E-state index < -0.39 is 34.7 Å². The highest BCUT2D eigenvalue weighted by atomic mass is 35.5. The predicted molar refractivity (Wildman–Crippen MR) is 99.9 cm³/mol. The third-order valence-electron chi connectivity index (χ3n) is 4.23. The number of nitrogens with zero attached hydrogens (tertiary/aromatic N) is 3. The summed E-state index contributed by atoms with van der Waals surface area (Å²) in [5, 5.41) is 7.84. The Balaban J connectivity index is 1.99. The highest BCUT2D eigenvalue weighted by Crippen LogP contribution is 2.33. The molecule has 0 radical (unpaired) electrons. The maximum absolute atomic E-state index is 14.4. The zero-order valence-electron chi connectivity index (χ0n) is 15.6. The topological polar surface area (TPSA) is 83.0 Å². The lowest BCUT2D eigenvalue weighted by molar-refractivity contribution is 0.0836. The quantitative estimate of drug-likeness (QED) is 0.672. The molecule has 0 bridgehead atoms. The first-order valence-corrected chi connectivity index (χ1v) is 8.72. The van der Waals surface area contributed by atoms with Gasteiger partial charge in [-0.25, -0.2) is 13.2 Å². The zero-order chi connectivity index (χ0) is 21.5. The number of hydrogen-bond acceptors (Lipinski definition) is 4. The molecule has 6 nitrogen and oxygen atoms in total. The highest BCUT2D eigenvalue weighted by Gasteiger charge is 2.32. The Kier molecular flexibility index (Phi) is 5.27. The summed E-state index contributed by atoms with van der Waals surface area (Å²) in [6, 6.07) is 5.54. The third kappa shape index (κ3) is 3.91. The van der Waals surface area contributed by atoms with E-state index in [0.29, 0.717) is 0 Å². The number of benzene rings is 2. The molecule has 29 heavy (non-hydrogen) atoms. The van der Waals surface area contributed by atoms with Gasteiger partial charge in [0.1, 0.15) is 5.82 Å². The van der Waals surface area contributed by atoms with Gasteiger partial charge in [-0.05, 0) is 44.2 Å². The van der Waals surface area contributed by atoms with E-state index >= 15 is 0 Å². The lowest BCUT2D eigenvalue weighted by Gasteiger charge is -2.26. The van der Waals surface area contributed by atoms with Gasteiger partial charge in [0.05, 0.1) is 5.56 Å². The lowest BCUT2D eigenvalue weighted by atomic mass is 10.1. The molecular formula is C19H16ClF3N4O2. The molecule has 1 heterocycles. The molecule has 0 fully saturated rings. The normalized spacial score (nSPS) is 11.6. The van der Waals surface area contributed by atoms with Crippen LogP contribution in [0, 0.1) is 17.5 Å². The smallest absolute Gasteiger partial charge is 0.248 e. The van der Waals surface area contributed by atoms with Gasteiger partial charge < -0.3 is 15.0 Å². The Morgan fingerprint density at radius 3 is 2.28 bits per heavy atom. The molecule has 3 aromatic rings. The Morgan fingerprint density at radius 1 is 1.10 bits per heavy atom. The first-order chi connectivity index (χ1) is 13.5. The zero-order valence-corrected chi connectivity index (χ0v) is 16.4. The van der Waals surface area contributed by atoms with E-state index in [1.807, 2.05) is 0 Å². The van der Waals surface area contributed by atoms with Crippen molar-refractivity contribution >= 4 is 17.5 Å². The molecule has 3 rings (SSSR count). The van der Waals surface area contributed by atoms with Crippen molar-refractivity contribution in [1.82, 2.24) is 14.8 Å². The number of amides is 1. The van der Waals surface area contributed by atoms with Gasteiger partial charge >= 0.3 is 0 Å². The molecule has 0 aliphatic heterocycles. The summed E-state index contributed by atoms with van der Waals surface area (Å²) in [7, 11) is 1.55. The first kappa shape index (κ1) is 20.7. The number of primary amides is 1. The molecule has 152 valence electrons. The Labute approximate surface area is 169 Å². The van der Waals surface area contributed by atoms with E-state index in [4.69, 9.17) is 22.1 Å². The fraction of sp³-hybridized carbons (Fsp3) is 0.211. The van der Waals surface area contributed by atoms with Crippen molar-refractivity contribution in [2.45, 2.75) is 19.4 Å². The minimum absolute atomic E-state index is 0.00555. The number of nitrogens with two attached hydrogens (primary N) is 1. The van der Waals surface area contributed by atoms with Gasteiger partial charge in [-0.3, -0.25) is 4.79 Å². The minimum Gasteiger partial charge on any atom is -0.474 e. The predicted octanol–water partition coefficient (Wildman–Crippen LogP) is 3.97. The van der Waals surface area contributed by atoms with Crippen molar-refractivity contribution in [3.8, 4) is 17.1 Å². The molecule has 0 aliphatic rings. The summed E-state index contributed by atoms with van der Waals surface area (Å²) in [4.78, 5) is 11.2. The summed E-state index contributed by atoms with van der Waals surface area (Å²) < 4.78 is 49.6. The van der Waals surface area contributed by atoms with E-state index in [1.54, 1.807) is 7.05 Å². The molecule has 0 saturated carbocycles. The Morgan fingerprint density at radius 2 is 1.72 bits per heavy atom. The van der Waals surface area contributed by atoms with Crippen LogP contribution in [-0.2, 0) is 12.6 Å². The van der Waals surface area contributed by atoms with Crippen molar-refractivity contribution in [3.05, 3.63) is 64.2 Å². The summed E-state index contributed by atoms with van der Waals surface area (Å²) in [5.74, 6) is -3.76. The summed E-state index contributed by atoms with van der Waals surface area (Å²) in [6.07, 6.45) is 0. The fourth-order valence-corrected chi connectivity index (χ4v) is 3.06. The molecule has 0 spiro atoms. The van der Waals surface area contributed by atoms with Crippen LogP contribution in [0.3, 0.4) is 0 Å². The van der Waals surface area contributed by atoms with E-state index in [9.17, 15) is 18.0 Å². The van der Waals surface area contributed by atoms with Crippen molar-refractivity contribution in [2.24, 2.45) is 12.8 Å². The van der Waals surface area contributed by atoms with Gasteiger partial charge in [-0.1, -0.05) is 11.6 Å². The summed E-state index contributed by atoms with van der Waals surface area (Å²) >= 11 is 5.63. The highest BCUT2D eigenvalue weighted by molar-refractivity contribution is 6.30. The Bertz CT molecular complexity index is 1090.